The first-order valence-corrected chi connectivity index (χ1v) is 9.11. The third-order valence-corrected chi connectivity index (χ3v) is 7.08. The summed E-state index contributed by atoms with van der Waals surface area (Å²) in [4.78, 5) is 13.0. The van der Waals surface area contributed by atoms with Crippen LogP contribution < -0.4 is 0 Å². The van der Waals surface area contributed by atoms with Gasteiger partial charge in [0.1, 0.15) is 5.60 Å². The third-order valence-electron chi connectivity index (χ3n) is 7.08. The predicted octanol–water partition coefficient (Wildman–Crippen LogP) is 1.20. The van der Waals surface area contributed by atoms with Crippen LogP contribution in [0.2, 0.25) is 0 Å². The summed E-state index contributed by atoms with van der Waals surface area (Å²) >= 11 is 0. The minimum absolute atomic E-state index is 0.0442. The Morgan fingerprint density at radius 3 is 2.44 bits per heavy atom. The standard InChI is InChI=1S/C20H30O5/c1-9-6-12-13(19(12,4)5)7-14(21)11(3)17(23)15-16(22)10(2)8-20(15,25)18(9)24/h6,10,12-17,21-23,25H,3,7-8H2,1-2,4-5H3/b9-6-/t10-,12-,13+,14+,15-,16-,17+,20-/m0/s1. The molecule has 140 valence electrons. The Bertz CT molecular complexity index is 636. The van der Waals surface area contributed by atoms with E-state index in [9.17, 15) is 25.2 Å². The number of aliphatic hydroxyl groups excluding tert-OH is 3. The molecule has 0 bridgehead atoms. The summed E-state index contributed by atoms with van der Waals surface area (Å²) < 4.78 is 0. The summed E-state index contributed by atoms with van der Waals surface area (Å²) in [6.45, 7) is 11.4. The van der Waals surface area contributed by atoms with Crippen molar-refractivity contribution in [3.8, 4) is 0 Å². The molecular weight excluding hydrogens is 320 g/mol. The van der Waals surface area contributed by atoms with Gasteiger partial charge in [-0.05, 0) is 54.1 Å². The normalized spacial score (nSPS) is 51.8. The SMILES string of the molecule is C=C1[C@H](O)C[C@@H]2[C@H](/C=C(/C)C(=O)[C@]3(O)C[C@H](C)[C@H](O)[C@H]3[C@@H]1O)C2(C)C. The Balaban J connectivity index is 2.08. The molecule has 0 aliphatic heterocycles. The Morgan fingerprint density at radius 2 is 1.84 bits per heavy atom. The molecule has 5 heteroatoms. The van der Waals surface area contributed by atoms with Crippen LogP contribution in [-0.2, 0) is 4.79 Å². The first-order valence-electron chi connectivity index (χ1n) is 9.11. The van der Waals surface area contributed by atoms with Crippen LogP contribution in [0.15, 0.2) is 23.8 Å². The number of hydrogen-bond acceptors (Lipinski definition) is 5. The predicted molar refractivity (Wildman–Crippen MR) is 93.5 cm³/mol. The molecular formula is C20H30O5. The highest BCUT2D eigenvalue weighted by molar-refractivity contribution is 6.02. The molecule has 4 N–H and O–H groups in total. The Morgan fingerprint density at radius 1 is 1.24 bits per heavy atom. The average molecular weight is 350 g/mol. The van der Waals surface area contributed by atoms with Gasteiger partial charge >= 0.3 is 0 Å². The van der Waals surface area contributed by atoms with Gasteiger partial charge in [-0.15, -0.1) is 0 Å². The number of rotatable bonds is 0. The second kappa shape index (κ2) is 5.74. The summed E-state index contributed by atoms with van der Waals surface area (Å²) in [6, 6.07) is 0. The van der Waals surface area contributed by atoms with Crippen LogP contribution in [0.5, 0.6) is 0 Å². The summed E-state index contributed by atoms with van der Waals surface area (Å²) in [5, 5.41) is 43.0. The van der Waals surface area contributed by atoms with Gasteiger partial charge in [0.2, 0.25) is 0 Å². The largest absolute Gasteiger partial charge is 0.392 e. The van der Waals surface area contributed by atoms with Crippen molar-refractivity contribution in [2.75, 3.05) is 0 Å². The van der Waals surface area contributed by atoms with Gasteiger partial charge in [-0.25, -0.2) is 0 Å². The van der Waals surface area contributed by atoms with E-state index >= 15 is 0 Å². The number of carbonyl (C=O) groups excluding carboxylic acids is 1. The average Bonchev–Trinajstić information content (AvgIpc) is 2.92. The lowest BCUT2D eigenvalue weighted by Gasteiger charge is -2.35. The maximum absolute atomic E-state index is 13.0. The van der Waals surface area contributed by atoms with Crippen molar-refractivity contribution in [1.29, 1.82) is 0 Å². The van der Waals surface area contributed by atoms with Crippen molar-refractivity contribution in [2.45, 2.75) is 64.4 Å². The molecule has 3 aliphatic carbocycles. The zero-order valence-corrected chi connectivity index (χ0v) is 15.4. The van der Waals surface area contributed by atoms with Gasteiger partial charge in [-0.1, -0.05) is 33.4 Å². The zero-order valence-electron chi connectivity index (χ0n) is 15.4. The number of aliphatic hydroxyl groups is 4. The van der Waals surface area contributed by atoms with Gasteiger partial charge in [0, 0.05) is 0 Å². The highest BCUT2D eigenvalue weighted by Gasteiger charge is 2.61. The minimum Gasteiger partial charge on any atom is -0.392 e. The van der Waals surface area contributed by atoms with Crippen LogP contribution in [0.25, 0.3) is 0 Å². The lowest BCUT2D eigenvalue weighted by atomic mass is 9.77. The van der Waals surface area contributed by atoms with Crippen molar-refractivity contribution < 1.29 is 25.2 Å². The molecule has 3 aliphatic rings. The van der Waals surface area contributed by atoms with E-state index in [1.807, 2.05) is 6.08 Å². The van der Waals surface area contributed by atoms with E-state index in [4.69, 9.17) is 0 Å². The summed E-state index contributed by atoms with van der Waals surface area (Å²) in [5.41, 5.74) is -1.26. The van der Waals surface area contributed by atoms with Crippen LogP contribution in [0.4, 0.5) is 0 Å². The molecule has 0 aromatic rings. The van der Waals surface area contributed by atoms with Gasteiger partial charge in [0.15, 0.2) is 5.78 Å². The first-order chi connectivity index (χ1) is 11.4. The molecule has 3 rings (SSSR count). The van der Waals surface area contributed by atoms with Crippen LogP contribution >= 0.6 is 0 Å². The fraction of sp³-hybridized carbons (Fsp3) is 0.750. The zero-order chi connectivity index (χ0) is 18.9. The molecule has 0 amide bonds. The number of allylic oxidation sites excluding steroid dienone is 1. The number of fused-ring (bicyclic) bond motifs is 2. The van der Waals surface area contributed by atoms with E-state index < -0.39 is 35.6 Å². The van der Waals surface area contributed by atoms with Crippen molar-refractivity contribution >= 4 is 5.78 Å². The second-order valence-electron chi connectivity index (χ2n) is 9.03. The minimum atomic E-state index is -1.85. The lowest BCUT2D eigenvalue weighted by Crippen LogP contribution is -2.51. The number of Topliss-reactive ketones (excluding diaryl/α,β-unsaturated/α-hetero) is 1. The molecule has 0 heterocycles. The fourth-order valence-electron chi connectivity index (χ4n) is 5.15. The van der Waals surface area contributed by atoms with Gasteiger partial charge in [0.05, 0.1) is 24.2 Å². The van der Waals surface area contributed by atoms with Crippen molar-refractivity contribution in [2.24, 2.45) is 29.1 Å². The molecule has 0 unspecified atom stereocenters. The fourth-order valence-corrected chi connectivity index (χ4v) is 5.15. The molecule has 0 aromatic carbocycles. The van der Waals surface area contributed by atoms with E-state index in [-0.39, 0.29) is 35.2 Å². The quantitative estimate of drug-likeness (QED) is 0.492. The van der Waals surface area contributed by atoms with Gasteiger partial charge in [-0.3, -0.25) is 4.79 Å². The van der Waals surface area contributed by atoms with Crippen molar-refractivity contribution in [3.05, 3.63) is 23.8 Å². The molecule has 0 saturated heterocycles. The van der Waals surface area contributed by atoms with E-state index in [1.165, 1.54) is 0 Å². The van der Waals surface area contributed by atoms with Crippen LogP contribution in [0, 0.1) is 29.1 Å². The second-order valence-corrected chi connectivity index (χ2v) is 9.03. The maximum atomic E-state index is 13.0. The molecule has 2 saturated carbocycles. The van der Waals surface area contributed by atoms with Crippen LogP contribution in [-0.4, -0.2) is 50.1 Å². The molecule has 25 heavy (non-hydrogen) atoms. The highest BCUT2D eigenvalue weighted by atomic mass is 16.3. The van der Waals surface area contributed by atoms with Gasteiger partial charge in [-0.2, -0.15) is 0 Å². The van der Waals surface area contributed by atoms with Crippen molar-refractivity contribution in [1.82, 2.24) is 0 Å². The summed E-state index contributed by atoms with van der Waals surface area (Å²) in [6.07, 6.45) is -0.880. The highest BCUT2D eigenvalue weighted by Crippen LogP contribution is 2.62. The number of ketones is 1. The Kier molecular flexibility index (Phi) is 4.31. The van der Waals surface area contributed by atoms with Crippen LogP contribution in [0.3, 0.4) is 0 Å². The molecule has 8 atom stereocenters. The maximum Gasteiger partial charge on any atom is 0.190 e. The van der Waals surface area contributed by atoms with E-state index in [2.05, 4.69) is 20.4 Å². The molecule has 0 radical (unpaired) electrons. The third kappa shape index (κ3) is 2.64. The topological polar surface area (TPSA) is 98.0 Å². The molecule has 5 nitrogen and oxygen atoms in total. The Labute approximate surface area is 149 Å². The van der Waals surface area contributed by atoms with E-state index in [0.29, 0.717) is 12.0 Å². The van der Waals surface area contributed by atoms with E-state index in [1.54, 1.807) is 13.8 Å². The van der Waals surface area contributed by atoms with E-state index in [0.717, 1.165) is 0 Å². The van der Waals surface area contributed by atoms with Crippen molar-refractivity contribution in [3.63, 3.8) is 0 Å². The summed E-state index contributed by atoms with van der Waals surface area (Å²) in [5.74, 6) is -1.53. The van der Waals surface area contributed by atoms with Crippen LogP contribution in [0.1, 0.15) is 40.5 Å². The van der Waals surface area contributed by atoms with Gasteiger partial charge in [0.25, 0.3) is 0 Å². The molecule has 0 aromatic heterocycles. The molecule has 0 spiro atoms. The van der Waals surface area contributed by atoms with Gasteiger partial charge < -0.3 is 20.4 Å². The number of carbonyl (C=O) groups is 1. The Hall–Kier alpha value is -1.01. The molecule has 2 fully saturated rings. The smallest absolute Gasteiger partial charge is 0.190 e. The number of hydrogen-bond donors (Lipinski definition) is 4. The monoisotopic (exact) mass is 350 g/mol. The first kappa shape index (κ1) is 18.8. The summed E-state index contributed by atoms with van der Waals surface area (Å²) in [7, 11) is 0. The lowest BCUT2D eigenvalue weighted by molar-refractivity contribution is -0.144.